The summed E-state index contributed by atoms with van der Waals surface area (Å²) in [7, 11) is 1.79. The van der Waals surface area contributed by atoms with Crippen LogP contribution in [-0.2, 0) is 25.9 Å². The molecule has 0 fully saturated rings. The highest BCUT2D eigenvalue weighted by Crippen LogP contribution is 2.38. The van der Waals surface area contributed by atoms with E-state index in [1.54, 1.807) is 11.9 Å². The predicted molar refractivity (Wildman–Crippen MR) is 95.2 cm³/mol. The molecule has 136 valence electrons. The summed E-state index contributed by atoms with van der Waals surface area (Å²) in [5, 5.41) is 8.55. The second-order valence-electron chi connectivity index (χ2n) is 8.06. The summed E-state index contributed by atoms with van der Waals surface area (Å²) in [6.07, 6.45) is 4.74. The average molecular weight is 344 g/mol. The first-order chi connectivity index (χ1) is 11.8. The van der Waals surface area contributed by atoms with Crippen LogP contribution < -0.4 is 0 Å². The largest absolute Gasteiger partial charge is 0.360 e. The Morgan fingerprint density at radius 1 is 1.44 bits per heavy atom. The highest BCUT2D eigenvalue weighted by Gasteiger charge is 2.34. The minimum atomic E-state index is -0.0920. The maximum atomic E-state index is 12.9. The summed E-state index contributed by atoms with van der Waals surface area (Å²) in [5.41, 5.74) is 2.57. The second kappa shape index (κ2) is 6.65. The molecule has 0 N–H and O–H groups in total. The van der Waals surface area contributed by atoms with Crippen molar-refractivity contribution in [3.05, 3.63) is 35.0 Å². The van der Waals surface area contributed by atoms with E-state index in [-0.39, 0.29) is 11.3 Å². The fourth-order valence-corrected chi connectivity index (χ4v) is 3.47. The van der Waals surface area contributed by atoms with Crippen molar-refractivity contribution in [2.24, 2.45) is 11.3 Å². The van der Waals surface area contributed by atoms with Gasteiger partial charge in [0.1, 0.15) is 5.76 Å². The predicted octanol–water partition coefficient (Wildman–Crippen LogP) is 3.31. The monoisotopic (exact) mass is 344 g/mol. The van der Waals surface area contributed by atoms with E-state index in [2.05, 4.69) is 31.0 Å². The molecule has 1 amide bonds. The Morgan fingerprint density at radius 3 is 2.84 bits per heavy atom. The van der Waals surface area contributed by atoms with Crippen molar-refractivity contribution in [2.45, 2.75) is 60.0 Å². The standard InChI is InChI=1S/C19H28N4O2/c1-6-23-10-9-14(20-23)12-22(5)18(24)17-15-11-13(19(2,3)4)7-8-16(15)25-21-17/h9-10,13H,6-8,11-12H2,1-5H3. The van der Waals surface area contributed by atoms with Crippen LogP contribution in [0.25, 0.3) is 0 Å². The van der Waals surface area contributed by atoms with Gasteiger partial charge in [-0.15, -0.1) is 0 Å². The molecule has 6 heteroatoms. The summed E-state index contributed by atoms with van der Waals surface area (Å²) in [6.45, 7) is 10.1. The van der Waals surface area contributed by atoms with E-state index in [1.165, 1.54) is 0 Å². The van der Waals surface area contributed by atoms with Crippen molar-refractivity contribution >= 4 is 5.91 Å². The SMILES string of the molecule is CCn1ccc(CN(C)C(=O)c2noc3c2CC(C(C)(C)C)CC3)n1. The Balaban J connectivity index is 1.76. The first kappa shape index (κ1) is 17.7. The van der Waals surface area contributed by atoms with Gasteiger partial charge < -0.3 is 9.42 Å². The van der Waals surface area contributed by atoms with Crippen molar-refractivity contribution in [1.29, 1.82) is 0 Å². The van der Waals surface area contributed by atoms with Gasteiger partial charge in [-0.1, -0.05) is 25.9 Å². The molecule has 3 rings (SSSR count). The zero-order valence-corrected chi connectivity index (χ0v) is 15.9. The van der Waals surface area contributed by atoms with E-state index in [9.17, 15) is 4.79 Å². The molecule has 0 saturated heterocycles. The Hall–Kier alpha value is -2.11. The van der Waals surface area contributed by atoms with Crippen LogP contribution in [0, 0.1) is 11.3 Å². The molecule has 2 aromatic heterocycles. The van der Waals surface area contributed by atoms with E-state index >= 15 is 0 Å². The quantitative estimate of drug-likeness (QED) is 0.853. The normalized spacial score (nSPS) is 17.4. The number of carbonyl (C=O) groups is 1. The fourth-order valence-electron chi connectivity index (χ4n) is 3.47. The summed E-state index contributed by atoms with van der Waals surface area (Å²) >= 11 is 0. The lowest BCUT2D eigenvalue weighted by Gasteiger charge is -2.33. The number of amides is 1. The minimum Gasteiger partial charge on any atom is -0.360 e. The first-order valence-corrected chi connectivity index (χ1v) is 9.04. The third-order valence-electron chi connectivity index (χ3n) is 5.23. The Bertz CT molecular complexity index is 754. The molecule has 1 unspecified atom stereocenters. The molecule has 25 heavy (non-hydrogen) atoms. The molecule has 6 nitrogen and oxygen atoms in total. The Labute approximate surface area is 149 Å². The molecular weight excluding hydrogens is 316 g/mol. The molecule has 1 atom stereocenters. The summed E-state index contributed by atoms with van der Waals surface area (Å²) in [6, 6.07) is 1.95. The highest BCUT2D eigenvalue weighted by molar-refractivity contribution is 5.93. The van der Waals surface area contributed by atoms with Crippen molar-refractivity contribution in [1.82, 2.24) is 19.8 Å². The van der Waals surface area contributed by atoms with Gasteiger partial charge in [-0.05, 0) is 37.2 Å². The molecule has 2 aromatic rings. The van der Waals surface area contributed by atoms with Gasteiger partial charge >= 0.3 is 0 Å². The smallest absolute Gasteiger partial charge is 0.276 e. The van der Waals surface area contributed by atoms with Gasteiger partial charge in [-0.25, -0.2) is 0 Å². The topological polar surface area (TPSA) is 64.2 Å². The molecule has 0 aliphatic heterocycles. The lowest BCUT2D eigenvalue weighted by molar-refractivity contribution is 0.0771. The summed E-state index contributed by atoms with van der Waals surface area (Å²) in [5.74, 6) is 1.33. The van der Waals surface area contributed by atoms with Gasteiger partial charge in [-0.2, -0.15) is 5.10 Å². The Morgan fingerprint density at radius 2 is 2.20 bits per heavy atom. The zero-order chi connectivity index (χ0) is 18.2. The first-order valence-electron chi connectivity index (χ1n) is 9.04. The molecule has 0 radical (unpaired) electrons. The highest BCUT2D eigenvalue weighted by atomic mass is 16.5. The zero-order valence-electron chi connectivity index (χ0n) is 15.9. The van der Waals surface area contributed by atoms with Gasteiger partial charge in [-0.3, -0.25) is 9.48 Å². The van der Waals surface area contributed by atoms with E-state index in [4.69, 9.17) is 4.52 Å². The van der Waals surface area contributed by atoms with Gasteiger partial charge in [0.2, 0.25) is 0 Å². The lowest BCUT2D eigenvalue weighted by Crippen LogP contribution is -2.30. The van der Waals surface area contributed by atoms with E-state index in [1.807, 2.05) is 23.9 Å². The van der Waals surface area contributed by atoms with Gasteiger partial charge in [0.25, 0.3) is 5.91 Å². The van der Waals surface area contributed by atoms with Crippen LogP contribution in [0.1, 0.15) is 61.6 Å². The number of aromatic nitrogens is 3. The number of rotatable bonds is 4. The number of fused-ring (bicyclic) bond motifs is 1. The van der Waals surface area contributed by atoms with Crippen LogP contribution in [0.4, 0.5) is 0 Å². The molecule has 0 spiro atoms. The van der Waals surface area contributed by atoms with Crippen molar-refractivity contribution in [3.63, 3.8) is 0 Å². The average Bonchev–Trinajstić information content (AvgIpc) is 3.19. The van der Waals surface area contributed by atoms with Crippen molar-refractivity contribution < 1.29 is 9.32 Å². The second-order valence-corrected chi connectivity index (χ2v) is 8.06. The molecule has 1 aliphatic carbocycles. The summed E-state index contributed by atoms with van der Waals surface area (Å²) in [4.78, 5) is 14.6. The number of carbonyl (C=O) groups excluding carboxylic acids is 1. The molecule has 0 saturated carbocycles. The fraction of sp³-hybridized carbons (Fsp3) is 0.632. The van der Waals surface area contributed by atoms with Crippen molar-refractivity contribution in [2.75, 3.05) is 7.05 Å². The van der Waals surface area contributed by atoms with Crippen LogP contribution >= 0.6 is 0 Å². The number of nitrogens with zero attached hydrogens (tertiary/aromatic N) is 4. The van der Waals surface area contributed by atoms with Crippen molar-refractivity contribution in [3.8, 4) is 0 Å². The molecule has 0 bridgehead atoms. The Kier molecular flexibility index (Phi) is 4.71. The van der Waals surface area contributed by atoms with Gasteiger partial charge in [0, 0.05) is 31.8 Å². The maximum Gasteiger partial charge on any atom is 0.276 e. The number of aryl methyl sites for hydroxylation is 2. The third kappa shape index (κ3) is 3.62. The van der Waals surface area contributed by atoms with E-state index in [0.717, 1.165) is 42.8 Å². The van der Waals surface area contributed by atoms with Crippen LogP contribution in [0.15, 0.2) is 16.8 Å². The van der Waals surface area contributed by atoms with E-state index in [0.29, 0.717) is 18.2 Å². The lowest BCUT2D eigenvalue weighted by atomic mass is 9.71. The summed E-state index contributed by atoms with van der Waals surface area (Å²) < 4.78 is 7.33. The minimum absolute atomic E-state index is 0.0920. The number of hydrogen-bond donors (Lipinski definition) is 0. The van der Waals surface area contributed by atoms with Crippen LogP contribution in [-0.4, -0.2) is 32.8 Å². The van der Waals surface area contributed by atoms with Crippen LogP contribution in [0.3, 0.4) is 0 Å². The molecule has 1 aliphatic rings. The van der Waals surface area contributed by atoms with Crippen LogP contribution in [0.2, 0.25) is 0 Å². The molecule has 2 heterocycles. The van der Waals surface area contributed by atoms with Gasteiger partial charge in [0.15, 0.2) is 5.69 Å². The van der Waals surface area contributed by atoms with Crippen LogP contribution in [0.5, 0.6) is 0 Å². The third-order valence-corrected chi connectivity index (χ3v) is 5.23. The van der Waals surface area contributed by atoms with Gasteiger partial charge in [0.05, 0.1) is 12.2 Å². The van der Waals surface area contributed by atoms with E-state index < -0.39 is 0 Å². The number of hydrogen-bond acceptors (Lipinski definition) is 4. The maximum absolute atomic E-state index is 12.9. The molecule has 0 aromatic carbocycles. The molecular formula is C19H28N4O2.